The SMILES string of the molecule is C[C@@H](NC(=O)OC(C)(C)C)c1ccc2ccc(/C=C/C(C)(C)C(=O)O)cc2n1.Cc1cccc([N+](=O)[O-])c1C(=O)OC(=O)c1c(C)cccc1[N+](=O)[O-].[2H]C([2H])([2H])C([2H])(C)[C@]([2H])(O)C(=O)N[C@@H](C)CN1CCC[C@@H](C(=O)OCC(Cl)(Cl)Cl)N1.[2H]C([2H])([2H])C([2H])(C)[C@]([2H])(OC(=C)C(C)(C)/C=C/c1ccc2ccc([C@@H](C)NC(=O)OC(C)(C)C)nc2c1)C(=O)N[C@@H](C)C(=O)N1CCC[C@@H](C(=O)OCC(Cl)(Cl)Cl)N1. The lowest BCUT2D eigenvalue weighted by Crippen LogP contribution is -2.60. The van der Waals surface area contributed by atoms with Crippen LogP contribution in [0.5, 0.6) is 0 Å². The maximum absolute atomic E-state index is 13.9. The second-order valence-corrected chi connectivity index (χ2v) is 38.7. The average molecular weight is 1950 g/mol. The van der Waals surface area contributed by atoms with Crippen LogP contribution in [-0.4, -0.2) is 188 Å². The van der Waals surface area contributed by atoms with Crippen LogP contribution >= 0.6 is 69.6 Å². The van der Waals surface area contributed by atoms with Gasteiger partial charge in [-0.1, -0.05) is 189 Å². The minimum Gasteiger partial charge on any atom is -0.484 e. The Bertz CT molecular complexity index is 5580. The number of ether oxygens (including phenoxy) is 6. The van der Waals surface area contributed by atoms with Crippen molar-refractivity contribution in [2.24, 2.45) is 22.6 Å². The number of allylic oxidation sites excluding steroid dienone is 1. The molecule has 0 aliphatic carbocycles. The molecule has 131 heavy (non-hydrogen) atoms. The number of hydrogen-bond donors (Lipinski definition) is 8. The van der Waals surface area contributed by atoms with Gasteiger partial charge in [0.25, 0.3) is 23.2 Å². The highest BCUT2D eigenvalue weighted by Gasteiger charge is 2.38. The Labute approximate surface area is 805 Å². The van der Waals surface area contributed by atoms with Crippen LogP contribution in [0.15, 0.2) is 122 Å². The average Bonchev–Trinajstić information content (AvgIpc) is 0.755. The van der Waals surface area contributed by atoms with Gasteiger partial charge < -0.3 is 59.9 Å². The second kappa shape index (κ2) is 48.8. The molecule has 0 radical (unpaired) electrons. The summed E-state index contributed by atoms with van der Waals surface area (Å²) in [5, 5.41) is 56.2. The number of hydrogen-bond acceptors (Lipinski definition) is 26. The summed E-state index contributed by atoms with van der Waals surface area (Å²) in [4.78, 5) is 154. The summed E-state index contributed by atoms with van der Waals surface area (Å²) in [7, 11) is 0. The molecule has 0 saturated carbocycles. The van der Waals surface area contributed by atoms with E-state index in [1.807, 2.05) is 82.3 Å². The molecule has 40 heteroatoms. The van der Waals surface area contributed by atoms with Crippen LogP contribution in [0.4, 0.5) is 21.0 Å². The van der Waals surface area contributed by atoms with E-state index in [4.69, 9.17) is 112 Å². The van der Waals surface area contributed by atoms with E-state index in [1.54, 1.807) is 97.7 Å². The Hall–Kier alpha value is -10.4. The largest absolute Gasteiger partial charge is 0.484 e. The molecule has 8 rings (SSSR count). The Morgan fingerprint density at radius 1 is 0.603 bits per heavy atom. The number of alkyl carbamates (subject to hydrolysis) is 2. The van der Waals surface area contributed by atoms with Gasteiger partial charge in [0, 0.05) is 65.0 Å². The minimum absolute atomic E-state index is 0.136. The molecular weight excluding hydrogens is 1830 g/mol. The number of hydrazine groups is 2. The Morgan fingerprint density at radius 2 is 1.03 bits per heavy atom. The Kier molecular flexibility index (Phi) is 35.5. The number of carbonyl (C=O) groups is 10. The van der Waals surface area contributed by atoms with Gasteiger partial charge in [-0.2, -0.15) is 0 Å². The third kappa shape index (κ3) is 36.9. The number of carboxylic acids is 1. The number of pyridine rings is 2. The zero-order chi connectivity index (χ0) is 108. The van der Waals surface area contributed by atoms with Crippen molar-refractivity contribution < 1.29 is 110 Å². The minimum atomic E-state index is -3.22. The predicted octanol–water partition coefficient (Wildman–Crippen LogP) is 16.8. The first kappa shape index (κ1) is 95.2. The van der Waals surface area contributed by atoms with Gasteiger partial charge >= 0.3 is 42.0 Å². The molecule has 2 fully saturated rings. The van der Waals surface area contributed by atoms with Gasteiger partial charge in [-0.15, -0.1) is 0 Å². The maximum Gasteiger partial charge on any atom is 0.408 e. The van der Waals surface area contributed by atoms with Gasteiger partial charge in [-0.25, -0.2) is 35.0 Å². The van der Waals surface area contributed by atoms with Gasteiger partial charge in [0.2, 0.25) is 13.5 Å². The third-order valence-corrected chi connectivity index (χ3v) is 19.6. The van der Waals surface area contributed by atoms with Crippen LogP contribution in [0, 0.1) is 56.7 Å². The van der Waals surface area contributed by atoms with E-state index in [0.29, 0.717) is 54.7 Å². The fraction of sp³-hybridized carbons (Fsp3) is 0.495. The summed E-state index contributed by atoms with van der Waals surface area (Å²) in [5.41, 5.74) is 5.31. The van der Waals surface area contributed by atoms with Gasteiger partial charge in [0.05, 0.1) is 58.3 Å². The predicted molar refractivity (Wildman–Crippen MR) is 501 cm³/mol. The molecule has 2 aliphatic heterocycles. The molecule has 8 N–H and O–H groups in total. The number of benzene rings is 4. The number of nitro benzene ring substituents is 2. The van der Waals surface area contributed by atoms with Gasteiger partial charge in [-0.05, 0) is 195 Å². The summed E-state index contributed by atoms with van der Waals surface area (Å²) >= 11 is 33.7. The molecule has 6 aromatic rings. The first-order valence-corrected chi connectivity index (χ1v) is 43.1. The number of aryl methyl sites for hydroxylation is 2. The van der Waals surface area contributed by atoms with E-state index in [1.165, 1.54) is 45.0 Å². The molecule has 0 spiro atoms. The number of carboxylic acid groups (broad SMARTS) is 1. The van der Waals surface area contributed by atoms with Crippen LogP contribution in [0.3, 0.4) is 0 Å². The number of nitro groups is 2. The molecule has 34 nitrogen and oxygen atoms in total. The molecule has 716 valence electrons. The second-order valence-electron chi connectivity index (χ2n) is 33.7. The molecule has 4 aromatic carbocycles. The van der Waals surface area contributed by atoms with Gasteiger partial charge in [-0.3, -0.25) is 64.0 Å². The fourth-order valence-electron chi connectivity index (χ4n) is 11.9. The number of nitrogens with zero attached hydrogens (tertiary/aromatic N) is 6. The number of esters is 4. The van der Waals surface area contributed by atoms with Crippen molar-refractivity contribution in [2.75, 3.05) is 32.8 Å². The number of aliphatic hydroxyl groups is 1. The van der Waals surface area contributed by atoms with Crippen molar-refractivity contribution in [1.82, 2.24) is 52.1 Å². The fourth-order valence-corrected chi connectivity index (χ4v) is 12.2. The van der Waals surface area contributed by atoms with Crippen molar-refractivity contribution in [3.05, 3.63) is 187 Å². The lowest BCUT2D eigenvalue weighted by molar-refractivity contribution is -0.385. The Morgan fingerprint density at radius 3 is 1.45 bits per heavy atom. The number of rotatable bonds is 29. The van der Waals surface area contributed by atoms with Gasteiger partial charge in [0.1, 0.15) is 59.7 Å². The normalized spacial score (nSPS) is 18.6. The van der Waals surface area contributed by atoms with Crippen molar-refractivity contribution in [3.63, 3.8) is 0 Å². The zero-order valence-corrected chi connectivity index (χ0v) is 80.1. The highest BCUT2D eigenvalue weighted by atomic mass is 35.6. The molecule has 2 unspecified atom stereocenters. The van der Waals surface area contributed by atoms with Crippen molar-refractivity contribution in [3.8, 4) is 0 Å². The van der Waals surface area contributed by atoms with E-state index < -0.39 is 192 Å². The van der Waals surface area contributed by atoms with Crippen LogP contribution in [0.25, 0.3) is 34.0 Å². The third-order valence-electron chi connectivity index (χ3n) is 18.9. The summed E-state index contributed by atoms with van der Waals surface area (Å²) in [6.07, 6.45) is 1.20. The van der Waals surface area contributed by atoms with E-state index in [-0.39, 0.29) is 47.1 Å². The molecule has 10 atom stereocenters. The number of fused-ring (bicyclic) bond motifs is 2. The topological polar surface area (TPSA) is 457 Å². The van der Waals surface area contributed by atoms with E-state index in [9.17, 15) is 78.4 Å². The highest BCUT2D eigenvalue weighted by molar-refractivity contribution is 6.68. The lowest BCUT2D eigenvalue weighted by Gasteiger charge is -2.35. The van der Waals surface area contributed by atoms with Crippen molar-refractivity contribution >= 4 is 175 Å². The molecule has 5 amide bonds. The van der Waals surface area contributed by atoms with E-state index in [2.05, 4.69) is 48.4 Å². The van der Waals surface area contributed by atoms with Crippen LogP contribution < -0.4 is 32.1 Å². The molecule has 2 aliphatic rings. The van der Waals surface area contributed by atoms with E-state index in [0.717, 1.165) is 52.8 Å². The quantitative estimate of drug-likeness (QED) is 0.00411. The molecule has 0 bridgehead atoms. The lowest BCUT2D eigenvalue weighted by atomic mass is 9.89. The summed E-state index contributed by atoms with van der Waals surface area (Å²) in [6, 6.07) is 22.2. The number of aromatic nitrogens is 2. The first-order chi connectivity index (χ1) is 64.4. The summed E-state index contributed by atoms with van der Waals surface area (Å²) < 4.78 is 107. The maximum atomic E-state index is 13.9. The van der Waals surface area contributed by atoms with Gasteiger partial charge in [0.15, 0.2) is 6.08 Å². The molecule has 2 saturated heterocycles. The summed E-state index contributed by atoms with van der Waals surface area (Å²) in [6.45, 7) is 26.0. The van der Waals surface area contributed by atoms with Crippen molar-refractivity contribution in [1.29, 1.82) is 0 Å². The number of aliphatic carboxylic acids is 1. The highest BCUT2D eigenvalue weighted by Crippen LogP contribution is 2.34. The number of amides is 5. The van der Waals surface area contributed by atoms with E-state index >= 15 is 0 Å². The van der Waals surface area contributed by atoms with Crippen LogP contribution in [0.1, 0.15) is 230 Å². The number of carbonyl (C=O) groups excluding carboxylic acids is 9. The first-order valence-electron chi connectivity index (χ1n) is 45.8. The number of halogens is 6. The number of nitrogens with one attached hydrogen (secondary N) is 6. The molecule has 2 aromatic heterocycles. The standard InChI is InChI=1S/C38H52Cl3N5O7.C22H28N2O4.C16H12N2O7.C15H26Cl3N3O4/c1-22(2)31(32(47)42-24(4)33(48)46-19-11-12-29(45-46)34(49)51-21-38(39,40)41)52-25(5)37(9,10)18-17-26-13-14-27-15-16-28(44-30(27)20-26)23(3)43-35(50)53-36(6,7)8;1-14(23-20(27)28-21(2,3)4)17-10-9-16-8-7-15(13-18(16)24-17)11-12-22(5,6)19(25)26;1-9-5-3-7-11(17(21)22)13(9)15(19)25-16(20)14-10(2)6-4-8-12(14)18(23)24;1-9(2)12(22)13(23)19-10(3)7-21-6-4-5-11(20-21)14(24)25-8-15(16,17)18/h13-18,20,22-24,29,31,45H,5,11-12,19,21H2,1-4,6-10H3,(H,42,47)(H,43,50);7-14H,1-6H3,(H,23,27)(H,25,26);3-8H,1-2H3;9-12,20,22H,4-8H2,1-3H3,(H,19,23)/b18-17+;12-11+;;/t23-,24+,29+,31+;14-;;10-,11-,12-/m11.0/s1/i1D3,22D,31D;;;1D3,9D,12D/t22?,23-,24+,29+,31+;;;9?,10-,11-,12-. The summed E-state index contributed by atoms with van der Waals surface area (Å²) in [5.74, 6) is -14.0. The monoisotopic (exact) mass is 1950 g/mol. The van der Waals surface area contributed by atoms with Crippen LogP contribution in [0.2, 0.25) is 0 Å². The Balaban J connectivity index is 0.000000356. The molecular formula is C91H118Cl6N12O22. The number of alkyl halides is 6. The van der Waals surface area contributed by atoms with Crippen LogP contribution in [-0.2, 0) is 57.2 Å². The zero-order valence-electron chi connectivity index (χ0n) is 85.6. The smallest absolute Gasteiger partial charge is 0.408 e. The molecule has 4 heterocycles. The van der Waals surface area contributed by atoms with Crippen molar-refractivity contribution in [2.45, 2.75) is 231 Å².